The topological polar surface area (TPSA) is 71.1 Å². The van der Waals surface area contributed by atoms with Crippen LogP contribution in [-0.2, 0) is 4.74 Å². The molecule has 1 aromatic rings. The number of benzene rings is 1. The first kappa shape index (κ1) is 19.5. The van der Waals surface area contributed by atoms with Crippen LogP contribution >= 0.6 is 0 Å². The summed E-state index contributed by atoms with van der Waals surface area (Å²) in [5, 5.41) is 3.06. The second kappa shape index (κ2) is 8.61. The highest BCUT2D eigenvalue weighted by Crippen LogP contribution is 2.40. The number of rotatable bonds is 6. The number of ether oxygens (including phenoxy) is 2. The Bertz CT molecular complexity index is 667. The van der Waals surface area contributed by atoms with Gasteiger partial charge in [-0.1, -0.05) is 18.6 Å². The van der Waals surface area contributed by atoms with Crippen molar-refractivity contribution < 1.29 is 19.1 Å². The number of para-hydroxylation sites is 1. The fourth-order valence-electron chi connectivity index (χ4n) is 3.83. The third-order valence-electron chi connectivity index (χ3n) is 5.67. The average Bonchev–Trinajstić information content (AvgIpc) is 2.69. The smallest absolute Gasteiger partial charge is 0.317 e. The second-order valence-electron chi connectivity index (χ2n) is 7.42. The first-order valence-corrected chi connectivity index (χ1v) is 9.52. The summed E-state index contributed by atoms with van der Waals surface area (Å²) in [6.07, 6.45) is 3.40. The predicted molar refractivity (Wildman–Crippen MR) is 102 cm³/mol. The summed E-state index contributed by atoms with van der Waals surface area (Å²) < 4.78 is 10.6. The minimum atomic E-state index is -0.0546. The molecule has 0 unspecified atom stereocenters. The number of amides is 3. The Morgan fingerprint density at radius 1 is 1.07 bits per heavy atom. The number of hydrogen-bond donors (Lipinski definition) is 1. The molecule has 1 saturated heterocycles. The Morgan fingerprint density at radius 2 is 1.74 bits per heavy atom. The summed E-state index contributed by atoms with van der Waals surface area (Å²) >= 11 is 0. The van der Waals surface area contributed by atoms with Crippen LogP contribution in [0.25, 0.3) is 0 Å². The van der Waals surface area contributed by atoms with Crippen molar-refractivity contribution in [2.45, 2.75) is 19.3 Å². The van der Waals surface area contributed by atoms with Gasteiger partial charge in [0.15, 0.2) is 0 Å². The average molecular weight is 375 g/mol. The quantitative estimate of drug-likeness (QED) is 0.825. The maximum Gasteiger partial charge on any atom is 0.317 e. The lowest BCUT2D eigenvalue weighted by Gasteiger charge is -2.42. The molecule has 1 aromatic carbocycles. The Kier molecular flexibility index (Phi) is 6.21. The van der Waals surface area contributed by atoms with E-state index >= 15 is 0 Å². The summed E-state index contributed by atoms with van der Waals surface area (Å²) in [5.74, 6) is 0.521. The van der Waals surface area contributed by atoms with Crippen molar-refractivity contribution in [3.63, 3.8) is 0 Å². The van der Waals surface area contributed by atoms with Gasteiger partial charge in [-0.3, -0.25) is 4.79 Å². The van der Waals surface area contributed by atoms with Crippen LogP contribution in [0, 0.1) is 5.41 Å². The van der Waals surface area contributed by atoms with Gasteiger partial charge < -0.3 is 24.6 Å². The number of nitrogens with zero attached hydrogens (tertiary/aromatic N) is 2. The van der Waals surface area contributed by atoms with Crippen molar-refractivity contribution in [2.75, 3.05) is 53.6 Å². The molecule has 1 aliphatic heterocycles. The molecule has 0 radical (unpaired) electrons. The Labute approximate surface area is 160 Å². The molecule has 0 spiro atoms. The molecule has 1 aliphatic carbocycles. The lowest BCUT2D eigenvalue weighted by Crippen LogP contribution is -2.55. The standard InChI is InChI=1S/C20H29N3O4/c1-26-15-20(8-5-9-20)14-21-19(25)23-12-10-22(11-13-23)18(24)16-6-3-4-7-17(16)27-2/h3-4,6-7H,5,8-15H2,1-2H3,(H,21,25). The van der Waals surface area contributed by atoms with E-state index in [2.05, 4.69) is 5.32 Å². The van der Waals surface area contributed by atoms with E-state index in [0.29, 0.717) is 50.6 Å². The number of hydrogen-bond acceptors (Lipinski definition) is 4. The molecular weight excluding hydrogens is 346 g/mol. The molecule has 1 heterocycles. The van der Waals surface area contributed by atoms with Gasteiger partial charge in [-0.25, -0.2) is 4.79 Å². The van der Waals surface area contributed by atoms with Gasteiger partial charge in [0.2, 0.25) is 0 Å². The Hall–Kier alpha value is -2.28. The molecule has 0 atom stereocenters. The number of nitrogens with one attached hydrogen (secondary N) is 1. The van der Waals surface area contributed by atoms with Crippen LogP contribution in [0.4, 0.5) is 4.79 Å². The van der Waals surface area contributed by atoms with Gasteiger partial charge in [0.1, 0.15) is 5.75 Å². The van der Waals surface area contributed by atoms with E-state index in [1.54, 1.807) is 36.2 Å². The predicted octanol–water partition coefficient (Wildman–Crippen LogP) is 1.98. The molecule has 27 heavy (non-hydrogen) atoms. The van der Waals surface area contributed by atoms with Gasteiger partial charge in [-0.15, -0.1) is 0 Å². The van der Waals surface area contributed by atoms with E-state index in [1.165, 1.54) is 6.42 Å². The van der Waals surface area contributed by atoms with Crippen molar-refractivity contribution in [1.29, 1.82) is 0 Å². The molecule has 0 aromatic heterocycles. The van der Waals surface area contributed by atoms with Crippen LogP contribution in [0.15, 0.2) is 24.3 Å². The van der Waals surface area contributed by atoms with E-state index in [4.69, 9.17) is 9.47 Å². The lowest BCUT2D eigenvalue weighted by molar-refractivity contribution is 0.0185. The van der Waals surface area contributed by atoms with Gasteiger partial charge in [0, 0.05) is 45.2 Å². The number of carbonyl (C=O) groups is 2. The zero-order chi connectivity index (χ0) is 19.3. The van der Waals surface area contributed by atoms with E-state index in [-0.39, 0.29) is 17.4 Å². The van der Waals surface area contributed by atoms with Gasteiger partial charge in [-0.05, 0) is 25.0 Å². The molecule has 7 heteroatoms. The minimum absolute atomic E-state index is 0.0539. The van der Waals surface area contributed by atoms with E-state index in [9.17, 15) is 9.59 Å². The van der Waals surface area contributed by atoms with Crippen molar-refractivity contribution in [3.05, 3.63) is 29.8 Å². The van der Waals surface area contributed by atoms with Crippen LogP contribution in [0.1, 0.15) is 29.6 Å². The zero-order valence-electron chi connectivity index (χ0n) is 16.2. The number of methoxy groups -OCH3 is 2. The lowest BCUT2D eigenvalue weighted by atomic mass is 9.69. The maximum absolute atomic E-state index is 12.7. The molecular formula is C20H29N3O4. The Balaban J connectivity index is 1.49. The van der Waals surface area contributed by atoms with E-state index in [1.807, 2.05) is 12.1 Å². The van der Waals surface area contributed by atoms with Crippen LogP contribution in [-0.4, -0.2) is 75.3 Å². The van der Waals surface area contributed by atoms with E-state index in [0.717, 1.165) is 12.8 Å². The van der Waals surface area contributed by atoms with Crippen molar-refractivity contribution in [3.8, 4) is 5.75 Å². The second-order valence-corrected chi connectivity index (χ2v) is 7.42. The molecule has 0 bridgehead atoms. The summed E-state index contributed by atoms with van der Waals surface area (Å²) in [4.78, 5) is 28.8. The maximum atomic E-state index is 12.7. The summed E-state index contributed by atoms with van der Waals surface area (Å²) in [6, 6.07) is 7.18. The number of urea groups is 1. The molecule has 2 aliphatic rings. The van der Waals surface area contributed by atoms with Gasteiger partial charge in [-0.2, -0.15) is 0 Å². The van der Waals surface area contributed by atoms with Gasteiger partial charge >= 0.3 is 6.03 Å². The van der Waals surface area contributed by atoms with Crippen LogP contribution in [0.5, 0.6) is 5.75 Å². The van der Waals surface area contributed by atoms with Gasteiger partial charge in [0.25, 0.3) is 5.91 Å². The van der Waals surface area contributed by atoms with Crippen LogP contribution < -0.4 is 10.1 Å². The van der Waals surface area contributed by atoms with Crippen LogP contribution in [0.2, 0.25) is 0 Å². The van der Waals surface area contributed by atoms with Crippen LogP contribution in [0.3, 0.4) is 0 Å². The van der Waals surface area contributed by atoms with Crippen molar-refractivity contribution >= 4 is 11.9 Å². The van der Waals surface area contributed by atoms with E-state index < -0.39 is 0 Å². The molecule has 7 nitrogen and oxygen atoms in total. The third-order valence-corrected chi connectivity index (χ3v) is 5.67. The highest BCUT2D eigenvalue weighted by atomic mass is 16.5. The summed E-state index contributed by atoms with van der Waals surface area (Å²) in [7, 11) is 3.27. The molecule has 1 saturated carbocycles. The van der Waals surface area contributed by atoms with Gasteiger partial charge in [0.05, 0.1) is 19.3 Å². The minimum Gasteiger partial charge on any atom is -0.496 e. The highest BCUT2D eigenvalue weighted by molar-refractivity contribution is 5.97. The molecule has 2 fully saturated rings. The normalized spacial score (nSPS) is 18.6. The molecule has 3 amide bonds. The number of carbonyl (C=O) groups excluding carboxylic acids is 2. The number of piperazine rings is 1. The zero-order valence-corrected chi connectivity index (χ0v) is 16.2. The van der Waals surface area contributed by atoms with Crippen molar-refractivity contribution in [1.82, 2.24) is 15.1 Å². The highest BCUT2D eigenvalue weighted by Gasteiger charge is 2.37. The summed E-state index contributed by atoms with van der Waals surface area (Å²) in [5.41, 5.74) is 0.663. The molecule has 1 N–H and O–H groups in total. The SMILES string of the molecule is COCC1(CNC(=O)N2CCN(C(=O)c3ccccc3OC)CC2)CCC1. The van der Waals surface area contributed by atoms with Crippen molar-refractivity contribution in [2.24, 2.45) is 5.41 Å². The first-order valence-electron chi connectivity index (χ1n) is 9.52. The third kappa shape index (κ3) is 4.35. The molecule has 3 rings (SSSR count). The Morgan fingerprint density at radius 3 is 2.33 bits per heavy atom. The fraction of sp³-hybridized carbons (Fsp3) is 0.600. The fourth-order valence-corrected chi connectivity index (χ4v) is 3.83. The molecule has 148 valence electrons. The first-order chi connectivity index (χ1) is 13.1. The monoisotopic (exact) mass is 375 g/mol. The summed E-state index contributed by atoms with van der Waals surface area (Å²) in [6.45, 7) is 3.45. The largest absolute Gasteiger partial charge is 0.496 e.